The van der Waals surface area contributed by atoms with E-state index in [1.807, 2.05) is 35.2 Å². The van der Waals surface area contributed by atoms with Gasteiger partial charge >= 0.3 is 6.03 Å². The quantitative estimate of drug-likeness (QED) is 0.787. The normalized spacial score (nSPS) is 14.1. The number of carbonyl (C=O) groups excluding carboxylic acids is 1. The van der Waals surface area contributed by atoms with E-state index in [0.29, 0.717) is 6.54 Å². The van der Waals surface area contributed by atoms with Gasteiger partial charge < -0.3 is 19.9 Å². The van der Waals surface area contributed by atoms with E-state index in [4.69, 9.17) is 11.2 Å². The minimum absolute atomic E-state index is 0.0175. The first-order valence-corrected chi connectivity index (χ1v) is 9.74. The van der Waals surface area contributed by atoms with Crippen LogP contribution in [0.1, 0.15) is 12.0 Å². The third-order valence-electron chi connectivity index (χ3n) is 4.84. The molecule has 1 heterocycles. The van der Waals surface area contributed by atoms with Crippen molar-refractivity contribution in [2.75, 3.05) is 44.2 Å². The molecule has 0 saturated carbocycles. The zero-order valence-corrected chi connectivity index (χ0v) is 16.1. The van der Waals surface area contributed by atoms with Crippen LogP contribution in [0.2, 0.25) is 0 Å². The van der Waals surface area contributed by atoms with Crippen molar-refractivity contribution < 1.29 is 9.53 Å². The average Bonchev–Trinajstić information content (AvgIpc) is 3.00. The number of benzene rings is 2. The van der Waals surface area contributed by atoms with Gasteiger partial charge in [0.05, 0.1) is 0 Å². The molecule has 0 atom stereocenters. The summed E-state index contributed by atoms with van der Waals surface area (Å²) in [5.41, 5.74) is 2.37. The second kappa shape index (κ2) is 10.3. The maximum Gasteiger partial charge on any atom is 0.317 e. The Morgan fingerprint density at radius 3 is 2.57 bits per heavy atom. The summed E-state index contributed by atoms with van der Waals surface area (Å²) in [6.07, 6.45) is 6.94. The van der Waals surface area contributed by atoms with Crippen LogP contribution < -0.4 is 15.0 Å². The van der Waals surface area contributed by atoms with Gasteiger partial charge in [-0.05, 0) is 42.7 Å². The van der Waals surface area contributed by atoms with Crippen LogP contribution in [0.5, 0.6) is 5.75 Å². The molecule has 1 saturated heterocycles. The van der Waals surface area contributed by atoms with E-state index >= 15 is 0 Å². The number of urea groups is 1. The molecule has 0 bridgehead atoms. The van der Waals surface area contributed by atoms with Gasteiger partial charge in [-0.3, -0.25) is 0 Å². The Morgan fingerprint density at radius 1 is 1.04 bits per heavy atom. The molecule has 2 aromatic carbocycles. The zero-order valence-electron chi connectivity index (χ0n) is 16.1. The van der Waals surface area contributed by atoms with E-state index in [0.717, 1.165) is 50.3 Å². The number of nitrogens with one attached hydrogen (secondary N) is 1. The summed E-state index contributed by atoms with van der Waals surface area (Å²) in [6, 6.07) is 18.2. The first-order chi connectivity index (χ1) is 13.8. The fourth-order valence-corrected chi connectivity index (χ4v) is 3.32. The summed E-state index contributed by atoms with van der Waals surface area (Å²) < 4.78 is 5.37. The molecule has 2 aromatic rings. The highest BCUT2D eigenvalue weighted by Gasteiger charge is 2.18. The third kappa shape index (κ3) is 5.68. The summed E-state index contributed by atoms with van der Waals surface area (Å²) in [5, 5.41) is 3.04. The van der Waals surface area contributed by atoms with Gasteiger partial charge in [-0.15, -0.1) is 6.42 Å². The summed E-state index contributed by atoms with van der Waals surface area (Å²) >= 11 is 0. The Morgan fingerprint density at radius 2 is 1.82 bits per heavy atom. The van der Waals surface area contributed by atoms with Crippen LogP contribution >= 0.6 is 0 Å². The number of nitrogens with zero attached hydrogens (tertiary/aromatic N) is 2. The lowest BCUT2D eigenvalue weighted by Gasteiger charge is -2.23. The highest BCUT2D eigenvalue weighted by Crippen LogP contribution is 2.16. The fourth-order valence-electron chi connectivity index (χ4n) is 3.32. The standard InChI is InChI=1S/C23H27N3O2/c1-2-19-28-22-11-9-20(10-12-22)13-14-24-23(27)26-16-6-15-25(17-18-26)21-7-4-3-5-8-21/h1,3-5,7-12H,6,13-19H2,(H,24,27). The average molecular weight is 377 g/mol. The van der Waals surface area contributed by atoms with Crippen LogP contribution in [0.15, 0.2) is 54.6 Å². The largest absolute Gasteiger partial charge is 0.481 e. The molecule has 1 N–H and O–H groups in total. The van der Waals surface area contributed by atoms with E-state index in [1.54, 1.807) is 0 Å². The minimum Gasteiger partial charge on any atom is -0.481 e. The van der Waals surface area contributed by atoms with Gasteiger partial charge in [0.1, 0.15) is 12.4 Å². The second-order valence-corrected chi connectivity index (χ2v) is 6.78. The van der Waals surface area contributed by atoms with Gasteiger partial charge in [-0.1, -0.05) is 36.3 Å². The van der Waals surface area contributed by atoms with E-state index in [2.05, 4.69) is 40.4 Å². The number of anilines is 1. The lowest BCUT2D eigenvalue weighted by atomic mass is 10.1. The molecule has 28 heavy (non-hydrogen) atoms. The van der Waals surface area contributed by atoms with Gasteiger partial charge in [0, 0.05) is 38.4 Å². The van der Waals surface area contributed by atoms with Gasteiger partial charge in [-0.25, -0.2) is 4.79 Å². The highest BCUT2D eigenvalue weighted by molar-refractivity contribution is 5.74. The number of hydrogen-bond donors (Lipinski definition) is 1. The summed E-state index contributed by atoms with van der Waals surface area (Å²) in [6.45, 7) is 4.24. The van der Waals surface area contributed by atoms with E-state index < -0.39 is 0 Å². The Kier molecular flexibility index (Phi) is 7.20. The van der Waals surface area contributed by atoms with Gasteiger partial charge in [0.15, 0.2) is 0 Å². The van der Waals surface area contributed by atoms with Crippen LogP contribution in [-0.2, 0) is 6.42 Å². The topological polar surface area (TPSA) is 44.8 Å². The van der Waals surface area contributed by atoms with Crippen molar-refractivity contribution in [1.29, 1.82) is 0 Å². The van der Waals surface area contributed by atoms with Crippen molar-refractivity contribution in [3.8, 4) is 18.1 Å². The monoisotopic (exact) mass is 377 g/mol. The smallest absolute Gasteiger partial charge is 0.317 e. The molecule has 1 aliphatic rings. The maximum absolute atomic E-state index is 12.5. The number of para-hydroxylation sites is 1. The van der Waals surface area contributed by atoms with Crippen molar-refractivity contribution >= 4 is 11.7 Å². The summed E-state index contributed by atoms with van der Waals surface area (Å²) in [5.74, 6) is 3.21. The van der Waals surface area contributed by atoms with Crippen LogP contribution in [0.4, 0.5) is 10.5 Å². The lowest BCUT2D eigenvalue weighted by molar-refractivity contribution is 0.201. The molecular weight excluding hydrogens is 350 g/mol. The number of rotatable bonds is 6. The fraction of sp³-hybridized carbons (Fsp3) is 0.348. The number of carbonyl (C=O) groups is 1. The molecular formula is C23H27N3O2. The SMILES string of the molecule is C#CCOc1ccc(CCNC(=O)N2CCCN(c3ccccc3)CC2)cc1. The molecule has 1 aliphatic heterocycles. The Hall–Kier alpha value is -3.13. The minimum atomic E-state index is 0.0175. The maximum atomic E-state index is 12.5. The van der Waals surface area contributed by atoms with Gasteiger partial charge in [-0.2, -0.15) is 0 Å². The molecule has 0 aliphatic carbocycles. The molecule has 3 rings (SSSR count). The molecule has 146 valence electrons. The first-order valence-electron chi connectivity index (χ1n) is 9.74. The van der Waals surface area contributed by atoms with Crippen molar-refractivity contribution in [2.24, 2.45) is 0 Å². The predicted molar refractivity (Wildman–Crippen MR) is 113 cm³/mol. The van der Waals surface area contributed by atoms with Crippen molar-refractivity contribution in [3.05, 3.63) is 60.2 Å². The molecule has 5 nitrogen and oxygen atoms in total. The van der Waals surface area contributed by atoms with Gasteiger partial charge in [0.25, 0.3) is 0 Å². The molecule has 5 heteroatoms. The molecule has 0 spiro atoms. The van der Waals surface area contributed by atoms with Crippen LogP contribution in [-0.4, -0.2) is 50.3 Å². The Labute approximate surface area is 167 Å². The summed E-state index contributed by atoms with van der Waals surface area (Å²) in [4.78, 5) is 16.8. The van der Waals surface area contributed by atoms with E-state index in [9.17, 15) is 4.79 Å². The third-order valence-corrected chi connectivity index (χ3v) is 4.84. The van der Waals surface area contributed by atoms with Crippen molar-refractivity contribution in [2.45, 2.75) is 12.8 Å². The molecule has 0 aromatic heterocycles. The van der Waals surface area contributed by atoms with Crippen molar-refractivity contribution in [1.82, 2.24) is 10.2 Å². The molecule has 2 amide bonds. The van der Waals surface area contributed by atoms with Crippen LogP contribution in [0.25, 0.3) is 0 Å². The number of amides is 2. The van der Waals surface area contributed by atoms with Crippen LogP contribution in [0, 0.1) is 12.3 Å². The number of hydrogen-bond acceptors (Lipinski definition) is 3. The Balaban J connectivity index is 1.42. The molecule has 1 fully saturated rings. The second-order valence-electron chi connectivity index (χ2n) is 6.78. The van der Waals surface area contributed by atoms with E-state index in [1.165, 1.54) is 5.69 Å². The highest BCUT2D eigenvalue weighted by atomic mass is 16.5. The predicted octanol–water partition coefficient (Wildman–Crippen LogP) is 3.16. The lowest BCUT2D eigenvalue weighted by Crippen LogP contribution is -2.42. The van der Waals surface area contributed by atoms with Gasteiger partial charge in [0.2, 0.25) is 0 Å². The Bertz CT molecular complexity index is 784. The number of ether oxygens (including phenoxy) is 1. The number of terminal acetylenes is 1. The summed E-state index contributed by atoms with van der Waals surface area (Å²) in [7, 11) is 0. The molecule has 0 radical (unpaired) electrons. The first kappa shape index (κ1) is 19.6. The van der Waals surface area contributed by atoms with Crippen molar-refractivity contribution in [3.63, 3.8) is 0 Å². The van der Waals surface area contributed by atoms with E-state index in [-0.39, 0.29) is 12.6 Å². The zero-order chi connectivity index (χ0) is 19.6. The molecule has 0 unspecified atom stereocenters. The van der Waals surface area contributed by atoms with Crippen LogP contribution in [0.3, 0.4) is 0 Å².